The van der Waals surface area contributed by atoms with Gasteiger partial charge in [0.2, 0.25) is 5.91 Å². The van der Waals surface area contributed by atoms with Gasteiger partial charge in [0, 0.05) is 55.3 Å². The molecule has 170 valence electrons. The molecule has 0 saturated carbocycles. The largest absolute Gasteiger partial charge is 0.354 e. The molecule has 4 rings (SSSR count). The predicted molar refractivity (Wildman–Crippen MR) is 129 cm³/mol. The summed E-state index contributed by atoms with van der Waals surface area (Å²) in [5.41, 5.74) is 2.67. The van der Waals surface area contributed by atoms with Gasteiger partial charge in [0.25, 0.3) is 0 Å². The number of amides is 1. The smallest absolute Gasteiger partial charge is 0.224 e. The Hall–Kier alpha value is -2.73. The molecule has 1 amide bonds. The lowest BCUT2D eigenvalue weighted by molar-refractivity contribution is -0.120. The summed E-state index contributed by atoms with van der Waals surface area (Å²) in [7, 11) is 0. The topological polar surface area (TPSA) is 65.5 Å². The molecule has 1 fully saturated rings. The van der Waals surface area contributed by atoms with Crippen LogP contribution in [0.3, 0.4) is 0 Å². The van der Waals surface area contributed by atoms with Crippen LogP contribution in [0.15, 0.2) is 47.7 Å². The van der Waals surface area contributed by atoms with E-state index in [0.29, 0.717) is 12.5 Å². The third-order valence-corrected chi connectivity index (χ3v) is 6.81. The number of hydrogen-bond acceptors (Lipinski definition) is 5. The van der Waals surface area contributed by atoms with E-state index in [1.165, 1.54) is 5.39 Å². The first-order valence-electron chi connectivity index (χ1n) is 12.0. The van der Waals surface area contributed by atoms with Crippen molar-refractivity contribution >= 4 is 28.9 Å². The van der Waals surface area contributed by atoms with E-state index >= 15 is 0 Å². The lowest BCUT2D eigenvalue weighted by atomic mass is 9.97. The summed E-state index contributed by atoms with van der Waals surface area (Å²) in [5, 5.41) is 4.17. The number of nitrogens with zero attached hydrogens (tertiary/aromatic N) is 3. The lowest BCUT2D eigenvalue weighted by Crippen LogP contribution is -2.49. The standard InChI is InChI=1S/C26H34N4O2/c1-20(7-6-12-26(32)28-24-11-5-3-9-22(24)19-31)29-15-17-30(18-16-29)25-14-13-21-8-2-4-10-23(21)27-25/h2,4,8,10,13-14,19-20H,3,5-7,9,11-12,15-18H2,1H3,(H,28,32). The second-order valence-electron chi connectivity index (χ2n) is 9.00. The molecule has 0 spiro atoms. The number of pyridine rings is 1. The van der Waals surface area contributed by atoms with Gasteiger partial charge in [-0.25, -0.2) is 4.98 Å². The van der Waals surface area contributed by atoms with Crippen LogP contribution in [-0.4, -0.2) is 54.3 Å². The van der Waals surface area contributed by atoms with Crippen LogP contribution in [0.1, 0.15) is 51.9 Å². The number of allylic oxidation sites excluding steroid dienone is 2. The van der Waals surface area contributed by atoms with Crippen molar-refractivity contribution in [1.29, 1.82) is 0 Å². The minimum atomic E-state index is 0.0423. The zero-order chi connectivity index (χ0) is 22.3. The van der Waals surface area contributed by atoms with Gasteiger partial charge in [-0.05, 0) is 63.6 Å². The summed E-state index contributed by atoms with van der Waals surface area (Å²) < 4.78 is 0. The van der Waals surface area contributed by atoms with E-state index in [9.17, 15) is 9.59 Å². The van der Waals surface area contributed by atoms with Crippen LogP contribution in [0.2, 0.25) is 0 Å². The summed E-state index contributed by atoms with van der Waals surface area (Å²) >= 11 is 0. The van der Waals surface area contributed by atoms with Crippen LogP contribution in [0.25, 0.3) is 10.9 Å². The number of para-hydroxylation sites is 1. The van der Waals surface area contributed by atoms with E-state index in [-0.39, 0.29) is 5.91 Å². The average molecular weight is 435 g/mol. The van der Waals surface area contributed by atoms with Gasteiger partial charge in [-0.1, -0.05) is 18.2 Å². The molecule has 1 N–H and O–H groups in total. The molecule has 1 saturated heterocycles. The SMILES string of the molecule is CC(CCCC(=O)NC1=C(C=O)CCCC1)N1CCN(c2ccc3ccccc3n2)CC1. The fourth-order valence-electron chi connectivity index (χ4n) is 4.80. The van der Waals surface area contributed by atoms with E-state index in [1.807, 2.05) is 12.1 Å². The first kappa shape index (κ1) is 22.5. The van der Waals surface area contributed by atoms with Crippen LogP contribution < -0.4 is 10.2 Å². The molecular formula is C26H34N4O2. The summed E-state index contributed by atoms with van der Waals surface area (Å²) in [5.74, 6) is 1.10. The molecule has 1 aromatic heterocycles. The Morgan fingerprint density at radius 1 is 1.09 bits per heavy atom. The Kier molecular flexibility index (Phi) is 7.53. The molecular weight excluding hydrogens is 400 g/mol. The molecule has 32 heavy (non-hydrogen) atoms. The number of fused-ring (bicyclic) bond motifs is 1. The van der Waals surface area contributed by atoms with Crippen molar-refractivity contribution in [3.8, 4) is 0 Å². The average Bonchev–Trinajstić information content (AvgIpc) is 2.84. The van der Waals surface area contributed by atoms with E-state index in [0.717, 1.165) is 93.6 Å². The highest BCUT2D eigenvalue weighted by atomic mass is 16.1. The molecule has 6 heteroatoms. The lowest BCUT2D eigenvalue weighted by Gasteiger charge is -2.38. The highest BCUT2D eigenvalue weighted by molar-refractivity contribution is 5.82. The third kappa shape index (κ3) is 5.54. The molecule has 6 nitrogen and oxygen atoms in total. The fourth-order valence-corrected chi connectivity index (χ4v) is 4.80. The number of hydrogen-bond donors (Lipinski definition) is 1. The van der Waals surface area contributed by atoms with Crippen molar-refractivity contribution in [2.45, 2.75) is 57.9 Å². The monoisotopic (exact) mass is 434 g/mol. The maximum absolute atomic E-state index is 12.3. The Balaban J connectivity index is 1.20. The van der Waals surface area contributed by atoms with Crippen molar-refractivity contribution in [1.82, 2.24) is 15.2 Å². The molecule has 2 aromatic rings. The summed E-state index contributed by atoms with van der Waals surface area (Å²) in [6, 6.07) is 13.0. The van der Waals surface area contributed by atoms with Gasteiger partial charge in [-0.3, -0.25) is 14.5 Å². The number of carbonyl (C=O) groups excluding carboxylic acids is 2. The van der Waals surface area contributed by atoms with E-state index in [2.05, 4.69) is 46.3 Å². The molecule has 0 radical (unpaired) electrons. The molecule has 1 unspecified atom stereocenters. The Morgan fingerprint density at radius 3 is 2.69 bits per heavy atom. The molecule has 1 aromatic carbocycles. The molecule has 1 aliphatic heterocycles. The first-order chi connectivity index (χ1) is 15.6. The number of benzene rings is 1. The van der Waals surface area contributed by atoms with Crippen LogP contribution in [-0.2, 0) is 9.59 Å². The van der Waals surface area contributed by atoms with E-state index < -0.39 is 0 Å². The second kappa shape index (κ2) is 10.7. The van der Waals surface area contributed by atoms with Crippen LogP contribution in [0.5, 0.6) is 0 Å². The van der Waals surface area contributed by atoms with Crippen molar-refractivity contribution < 1.29 is 9.59 Å². The Bertz CT molecular complexity index is 979. The van der Waals surface area contributed by atoms with Gasteiger partial charge in [0.15, 0.2) is 0 Å². The minimum Gasteiger partial charge on any atom is -0.354 e. The number of aromatic nitrogens is 1. The molecule has 0 bridgehead atoms. The number of piperazine rings is 1. The summed E-state index contributed by atoms with van der Waals surface area (Å²) in [6.07, 6.45) is 6.97. The van der Waals surface area contributed by atoms with Gasteiger partial charge in [-0.15, -0.1) is 0 Å². The quantitative estimate of drug-likeness (QED) is 0.635. The van der Waals surface area contributed by atoms with E-state index in [4.69, 9.17) is 4.98 Å². The van der Waals surface area contributed by atoms with Gasteiger partial charge < -0.3 is 10.2 Å². The van der Waals surface area contributed by atoms with Gasteiger partial charge in [-0.2, -0.15) is 0 Å². The van der Waals surface area contributed by atoms with Crippen LogP contribution in [0, 0.1) is 0 Å². The van der Waals surface area contributed by atoms with Crippen molar-refractivity contribution in [2.24, 2.45) is 0 Å². The van der Waals surface area contributed by atoms with Crippen LogP contribution in [0.4, 0.5) is 5.82 Å². The predicted octanol–water partition coefficient (Wildman–Crippen LogP) is 4.06. The van der Waals surface area contributed by atoms with E-state index in [1.54, 1.807) is 0 Å². The zero-order valence-corrected chi connectivity index (χ0v) is 19.1. The minimum absolute atomic E-state index is 0.0423. The number of carbonyl (C=O) groups is 2. The van der Waals surface area contributed by atoms with Gasteiger partial charge in [0.1, 0.15) is 12.1 Å². The summed E-state index contributed by atoms with van der Waals surface area (Å²) in [6.45, 7) is 6.22. The maximum Gasteiger partial charge on any atom is 0.224 e. The molecule has 1 atom stereocenters. The zero-order valence-electron chi connectivity index (χ0n) is 19.1. The Labute approximate surface area is 190 Å². The Morgan fingerprint density at radius 2 is 1.88 bits per heavy atom. The highest BCUT2D eigenvalue weighted by Crippen LogP contribution is 2.22. The number of aldehydes is 1. The first-order valence-corrected chi connectivity index (χ1v) is 12.0. The number of anilines is 1. The normalized spacial score (nSPS) is 18.6. The molecule has 1 aliphatic carbocycles. The second-order valence-corrected chi connectivity index (χ2v) is 9.00. The van der Waals surface area contributed by atoms with Crippen molar-refractivity contribution in [3.05, 3.63) is 47.7 Å². The van der Waals surface area contributed by atoms with Crippen molar-refractivity contribution in [2.75, 3.05) is 31.1 Å². The maximum atomic E-state index is 12.3. The fraction of sp³-hybridized carbons (Fsp3) is 0.500. The highest BCUT2D eigenvalue weighted by Gasteiger charge is 2.22. The van der Waals surface area contributed by atoms with Gasteiger partial charge in [0.05, 0.1) is 5.52 Å². The van der Waals surface area contributed by atoms with Gasteiger partial charge >= 0.3 is 0 Å². The number of rotatable bonds is 8. The number of nitrogens with one attached hydrogen (secondary N) is 1. The molecule has 2 heterocycles. The molecule has 2 aliphatic rings. The summed E-state index contributed by atoms with van der Waals surface area (Å²) in [4.78, 5) is 33.2. The third-order valence-electron chi connectivity index (χ3n) is 6.81. The van der Waals surface area contributed by atoms with Crippen molar-refractivity contribution in [3.63, 3.8) is 0 Å². The van der Waals surface area contributed by atoms with Crippen LogP contribution >= 0.6 is 0 Å².